The van der Waals surface area contributed by atoms with Crippen molar-refractivity contribution in [2.75, 3.05) is 13.2 Å². The second kappa shape index (κ2) is 5.30. The van der Waals surface area contributed by atoms with Gasteiger partial charge >= 0.3 is 0 Å². The number of aromatic nitrogens is 2. The maximum atomic E-state index is 12.1. The van der Waals surface area contributed by atoms with Crippen LogP contribution in [0, 0.1) is 0 Å². The van der Waals surface area contributed by atoms with E-state index in [0.29, 0.717) is 18.7 Å². The molecule has 2 rings (SSSR count). The summed E-state index contributed by atoms with van der Waals surface area (Å²) in [5, 5.41) is 7.12. The number of nitrogens with zero attached hydrogens (tertiary/aromatic N) is 2. The molecule has 1 unspecified atom stereocenters. The second-order valence-corrected chi connectivity index (χ2v) is 5.18. The standard InChI is InChI=1S/C13H21N3O3/c1-5-11-10(7-16(4)15-11)12(17)14-6-9-8-18-13(2,3)19-9/h7,9H,5-6,8H2,1-4H3,(H,14,17). The van der Waals surface area contributed by atoms with Gasteiger partial charge in [-0.3, -0.25) is 9.48 Å². The predicted octanol–water partition coefficient (Wildman–Crippen LogP) is 0.864. The molecule has 0 bridgehead atoms. The highest BCUT2D eigenvalue weighted by atomic mass is 16.7. The number of rotatable bonds is 4. The monoisotopic (exact) mass is 267 g/mol. The Balaban J connectivity index is 1.91. The largest absolute Gasteiger partial charge is 0.349 e. The SMILES string of the molecule is CCc1nn(C)cc1C(=O)NCC1COC(C)(C)O1. The molecule has 1 aromatic rings. The minimum Gasteiger partial charge on any atom is -0.349 e. The Morgan fingerprint density at radius 3 is 2.95 bits per heavy atom. The van der Waals surface area contributed by atoms with E-state index >= 15 is 0 Å². The van der Waals surface area contributed by atoms with Gasteiger partial charge in [-0.25, -0.2) is 0 Å². The number of aryl methyl sites for hydroxylation is 2. The van der Waals surface area contributed by atoms with E-state index in [4.69, 9.17) is 9.47 Å². The Hall–Kier alpha value is -1.40. The number of nitrogens with one attached hydrogen (secondary N) is 1. The molecule has 6 heteroatoms. The van der Waals surface area contributed by atoms with Gasteiger partial charge in [-0.1, -0.05) is 6.92 Å². The van der Waals surface area contributed by atoms with Crippen LogP contribution in [0.25, 0.3) is 0 Å². The summed E-state index contributed by atoms with van der Waals surface area (Å²) < 4.78 is 12.7. The van der Waals surface area contributed by atoms with Crippen molar-refractivity contribution in [2.24, 2.45) is 7.05 Å². The summed E-state index contributed by atoms with van der Waals surface area (Å²) >= 11 is 0. The Kier molecular flexibility index (Phi) is 3.91. The highest BCUT2D eigenvalue weighted by molar-refractivity contribution is 5.95. The molecule has 106 valence electrons. The maximum absolute atomic E-state index is 12.1. The molecule has 1 aromatic heterocycles. The van der Waals surface area contributed by atoms with E-state index in [0.717, 1.165) is 12.1 Å². The molecular weight excluding hydrogens is 246 g/mol. The van der Waals surface area contributed by atoms with E-state index in [9.17, 15) is 4.79 Å². The average molecular weight is 267 g/mol. The van der Waals surface area contributed by atoms with Crippen molar-refractivity contribution in [2.45, 2.75) is 39.1 Å². The molecule has 0 aromatic carbocycles. The number of hydrogen-bond acceptors (Lipinski definition) is 4. The van der Waals surface area contributed by atoms with Crippen LogP contribution in [-0.2, 0) is 22.9 Å². The van der Waals surface area contributed by atoms with Crippen molar-refractivity contribution in [1.82, 2.24) is 15.1 Å². The minimum atomic E-state index is -0.557. The second-order valence-electron chi connectivity index (χ2n) is 5.18. The summed E-state index contributed by atoms with van der Waals surface area (Å²) in [6, 6.07) is 0. The lowest BCUT2D eigenvalue weighted by Crippen LogP contribution is -2.34. The van der Waals surface area contributed by atoms with Gasteiger partial charge < -0.3 is 14.8 Å². The first-order valence-corrected chi connectivity index (χ1v) is 6.54. The Labute approximate surface area is 113 Å². The van der Waals surface area contributed by atoms with Crippen LogP contribution in [0.3, 0.4) is 0 Å². The van der Waals surface area contributed by atoms with Crippen molar-refractivity contribution >= 4 is 5.91 Å². The fourth-order valence-electron chi connectivity index (χ4n) is 2.15. The van der Waals surface area contributed by atoms with E-state index in [1.807, 2.05) is 27.8 Å². The summed E-state index contributed by atoms with van der Waals surface area (Å²) in [6.07, 6.45) is 2.38. The molecule has 0 aliphatic carbocycles. The van der Waals surface area contributed by atoms with E-state index < -0.39 is 5.79 Å². The molecule has 1 saturated heterocycles. The van der Waals surface area contributed by atoms with E-state index in [2.05, 4.69) is 10.4 Å². The number of amides is 1. The molecule has 2 heterocycles. The predicted molar refractivity (Wildman–Crippen MR) is 69.8 cm³/mol. The smallest absolute Gasteiger partial charge is 0.254 e. The number of hydrogen-bond donors (Lipinski definition) is 1. The fourth-order valence-corrected chi connectivity index (χ4v) is 2.15. The van der Waals surface area contributed by atoms with E-state index in [-0.39, 0.29) is 12.0 Å². The van der Waals surface area contributed by atoms with E-state index in [1.165, 1.54) is 0 Å². The average Bonchev–Trinajstić information content (AvgIpc) is 2.89. The fraction of sp³-hybridized carbons (Fsp3) is 0.692. The highest BCUT2D eigenvalue weighted by Crippen LogP contribution is 2.21. The molecule has 0 spiro atoms. The van der Waals surface area contributed by atoms with Gasteiger partial charge in [0.25, 0.3) is 5.91 Å². The molecule has 0 saturated carbocycles. The molecule has 1 fully saturated rings. The third-order valence-corrected chi connectivity index (χ3v) is 3.04. The van der Waals surface area contributed by atoms with Gasteiger partial charge in [0.05, 0.1) is 17.9 Å². The Bertz CT molecular complexity index is 468. The highest BCUT2D eigenvalue weighted by Gasteiger charge is 2.32. The molecule has 1 atom stereocenters. The van der Waals surface area contributed by atoms with Crippen LogP contribution in [-0.4, -0.2) is 40.7 Å². The van der Waals surface area contributed by atoms with Crippen molar-refractivity contribution in [3.05, 3.63) is 17.5 Å². The zero-order valence-electron chi connectivity index (χ0n) is 11.9. The van der Waals surface area contributed by atoms with Gasteiger partial charge in [-0.2, -0.15) is 5.10 Å². The van der Waals surface area contributed by atoms with Crippen molar-refractivity contribution in [1.29, 1.82) is 0 Å². The van der Waals surface area contributed by atoms with Crippen LogP contribution in [0.5, 0.6) is 0 Å². The summed E-state index contributed by atoms with van der Waals surface area (Å²) in [7, 11) is 1.81. The zero-order chi connectivity index (χ0) is 14.0. The Morgan fingerprint density at radius 1 is 1.63 bits per heavy atom. The van der Waals surface area contributed by atoms with Crippen LogP contribution in [0.2, 0.25) is 0 Å². The van der Waals surface area contributed by atoms with Gasteiger partial charge in [0.1, 0.15) is 6.10 Å². The van der Waals surface area contributed by atoms with Crippen molar-refractivity contribution < 1.29 is 14.3 Å². The number of ether oxygens (including phenoxy) is 2. The van der Waals surface area contributed by atoms with Crippen LogP contribution in [0.4, 0.5) is 0 Å². The Morgan fingerprint density at radius 2 is 2.37 bits per heavy atom. The first-order valence-electron chi connectivity index (χ1n) is 6.54. The third-order valence-electron chi connectivity index (χ3n) is 3.04. The summed E-state index contributed by atoms with van der Waals surface area (Å²) in [4.78, 5) is 12.1. The van der Waals surface area contributed by atoms with Crippen LogP contribution in [0.1, 0.15) is 36.8 Å². The molecule has 19 heavy (non-hydrogen) atoms. The van der Waals surface area contributed by atoms with Crippen molar-refractivity contribution in [3.63, 3.8) is 0 Å². The summed E-state index contributed by atoms with van der Waals surface area (Å²) in [5.41, 5.74) is 1.44. The molecule has 6 nitrogen and oxygen atoms in total. The van der Waals surface area contributed by atoms with Gasteiger partial charge in [-0.15, -0.1) is 0 Å². The normalized spacial score (nSPS) is 21.6. The van der Waals surface area contributed by atoms with Gasteiger partial charge in [-0.05, 0) is 20.3 Å². The lowest BCUT2D eigenvalue weighted by molar-refractivity contribution is -0.137. The topological polar surface area (TPSA) is 65.4 Å². The molecule has 1 aliphatic heterocycles. The molecular formula is C13H21N3O3. The molecule has 1 aliphatic rings. The van der Waals surface area contributed by atoms with Gasteiger partial charge in [0.2, 0.25) is 0 Å². The summed E-state index contributed by atoms with van der Waals surface area (Å²) in [5.74, 6) is -0.670. The lowest BCUT2D eigenvalue weighted by Gasteiger charge is -2.17. The lowest BCUT2D eigenvalue weighted by atomic mass is 10.2. The van der Waals surface area contributed by atoms with Crippen molar-refractivity contribution in [3.8, 4) is 0 Å². The van der Waals surface area contributed by atoms with Gasteiger partial charge in [0, 0.05) is 19.8 Å². The minimum absolute atomic E-state index is 0.0966. The van der Waals surface area contributed by atoms with Crippen LogP contribution in [0.15, 0.2) is 6.20 Å². The zero-order valence-corrected chi connectivity index (χ0v) is 11.9. The molecule has 1 N–H and O–H groups in total. The van der Waals surface area contributed by atoms with Gasteiger partial charge in [0.15, 0.2) is 5.79 Å². The quantitative estimate of drug-likeness (QED) is 0.879. The summed E-state index contributed by atoms with van der Waals surface area (Å²) in [6.45, 7) is 6.66. The molecule has 0 radical (unpaired) electrons. The first kappa shape index (κ1) is 14.0. The third kappa shape index (κ3) is 3.33. The number of carbonyl (C=O) groups excluding carboxylic acids is 1. The number of carbonyl (C=O) groups is 1. The van der Waals surface area contributed by atoms with E-state index in [1.54, 1.807) is 10.9 Å². The van der Waals surface area contributed by atoms with Crippen LogP contribution < -0.4 is 5.32 Å². The first-order chi connectivity index (χ1) is 8.91. The maximum Gasteiger partial charge on any atom is 0.254 e. The van der Waals surface area contributed by atoms with Crippen LogP contribution >= 0.6 is 0 Å². The molecule has 1 amide bonds.